The molecule has 0 spiro atoms. The summed E-state index contributed by atoms with van der Waals surface area (Å²) in [6.45, 7) is 0. The molecule has 128 valence electrons. The van der Waals surface area contributed by atoms with E-state index in [9.17, 15) is 19.5 Å². The quantitative estimate of drug-likeness (QED) is 0.642. The van der Waals surface area contributed by atoms with E-state index in [0.29, 0.717) is 5.57 Å². The largest absolute Gasteiger partial charge is 0.478 e. The number of carbonyl (C=O) groups excluding carboxylic acids is 2. The molecule has 1 fully saturated rings. The van der Waals surface area contributed by atoms with Gasteiger partial charge in [0.25, 0.3) is 0 Å². The summed E-state index contributed by atoms with van der Waals surface area (Å²) in [6.07, 6.45) is 0.836. The molecule has 6 nitrogen and oxygen atoms in total. The second-order valence-corrected chi connectivity index (χ2v) is 6.40. The zero-order valence-corrected chi connectivity index (χ0v) is 13.9. The molecule has 7 heteroatoms. The van der Waals surface area contributed by atoms with Crippen LogP contribution in [0.1, 0.15) is 32.7 Å². The second kappa shape index (κ2) is 7.00. The maximum absolute atomic E-state index is 12.4. The smallest absolute Gasteiger partial charge is 0.339 e. The van der Waals surface area contributed by atoms with Crippen LogP contribution in [0.5, 0.6) is 0 Å². The predicted octanol–water partition coefficient (Wildman–Crippen LogP) is 2.36. The summed E-state index contributed by atoms with van der Waals surface area (Å²) in [7, 11) is 0. The molecule has 1 aliphatic rings. The molecule has 3 N–H and O–H groups in total. The molecule has 2 atom stereocenters. The van der Waals surface area contributed by atoms with E-state index in [1.165, 1.54) is 29.5 Å². The highest BCUT2D eigenvalue weighted by Crippen LogP contribution is 2.28. The van der Waals surface area contributed by atoms with Gasteiger partial charge in [-0.15, -0.1) is 0 Å². The number of Topliss-reactive ketones (excluding diaryl/α,β-unsaturated/α-hetero) is 1. The van der Waals surface area contributed by atoms with Gasteiger partial charge in [0.1, 0.15) is 6.10 Å². The van der Waals surface area contributed by atoms with Gasteiger partial charge in [-0.25, -0.2) is 9.59 Å². The third-order valence-electron chi connectivity index (χ3n) is 3.92. The van der Waals surface area contributed by atoms with Gasteiger partial charge in [0.2, 0.25) is 0 Å². The fraction of sp³-hybridized carbons (Fsp3) is 0.167. The van der Waals surface area contributed by atoms with Crippen LogP contribution >= 0.6 is 11.3 Å². The van der Waals surface area contributed by atoms with E-state index in [-0.39, 0.29) is 23.3 Å². The Bertz CT molecular complexity index is 856. The van der Waals surface area contributed by atoms with E-state index >= 15 is 0 Å². The number of rotatable bonds is 4. The summed E-state index contributed by atoms with van der Waals surface area (Å²) >= 11 is 1.48. The van der Waals surface area contributed by atoms with Crippen LogP contribution < -0.4 is 5.73 Å². The van der Waals surface area contributed by atoms with Gasteiger partial charge in [-0.1, -0.05) is 12.1 Å². The Balaban J connectivity index is 1.89. The van der Waals surface area contributed by atoms with Gasteiger partial charge in [-0.05, 0) is 40.6 Å². The second-order valence-electron chi connectivity index (χ2n) is 5.62. The standard InChI is InChI=1S/C18H15NO5S/c19-14-8-15(20)13(7-10-5-6-25-9-10)16(14)24-18(23)12-4-2-1-3-11(12)17(21)22/h1-7,9,14,16H,8,19H2,(H,21,22)/b13-7+. The molecule has 3 rings (SSSR count). The Hall–Kier alpha value is -2.77. The fourth-order valence-corrected chi connectivity index (χ4v) is 3.32. The van der Waals surface area contributed by atoms with Crippen LogP contribution in [-0.4, -0.2) is 35.0 Å². The molecule has 1 saturated carbocycles. The average molecular weight is 357 g/mol. The lowest BCUT2D eigenvalue weighted by molar-refractivity contribution is -0.114. The first-order valence-electron chi connectivity index (χ1n) is 7.53. The molecule has 2 unspecified atom stereocenters. The van der Waals surface area contributed by atoms with E-state index in [4.69, 9.17) is 10.5 Å². The van der Waals surface area contributed by atoms with Crippen molar-refractivity contribution in [2.45, 2.75) is 18.6 Å². The Labute approximate surface area is 147 Å². The van der Waals surface area contributed by atoms with Crippen molar-refractivity contribution in [1.29, 1.82) is 0 Å². The molecule has 1 heterocycles. The summed E-state index contributed by atoms with van der Waals surface area (Å²) < 4.78 is 5.42. The Kier molecular flexibility index (Phi) is 4.78. The Morgan fingerprint density at radius 2 is 1.96 bits per heavy atom. The molecule has 0 saturated heterocycles. The first kappa shape index (κ1) is 17.1. The molecule has 0 aliphatic heterocycles. The summed E-state index contributed by atoms with van der Waals surface area (Å²) in [4.78, 5) is 35.9. The van der Waals surface area contributed by atoms with E-state index in [2.05, 4.69) is 0 Å². The molecular formula is C18H15NO5S. The molecule has 0 amide bonds. The fourth-order valence-electron chi connectivity index (χ4n) is 2.70. The first-order valence-corrected chi connectivity index (χ1v) is 8.47. The summed E-state index contributed by atoms with van der Waals surface area (Å²) in [5, 5.41) is 12.9. The number of thiophene rings is 1. The van der Waals surface area contributed by atoms with Crippen LogP contribution in [0.3, 0.4) is 0 Å². The molecular weight excluding hydrogens is 342 g/mol. The van der Waals surface area contributed by atoms with Crippen LogP contribution in [0.4, 0.5) is 0 Å². The Morgan fingerprint density at radius 1 is 1.24 bits per heavy atom. The number of esters is 1. The lowest BCUT2D eigenvalue weighted by Crippen LogP contribution is -2.34. The van der Waals surface area contributed by atoms with Crippen molar-refractivity contribution in [3.63, 3.8) is 0 Å². The van der Waals surface area contributed by atoms with Crippen molar-refractivity contribution >= 4 is 35.1 Å². The zero-order chi connectivity index (χ0) is 18.0. The summed E-state index contributed by atoms with van der Waals surface area (Å²) in [5.41, 5.74) is 6.88. The third kappa shape index (κ3) is 3.52. The number of carbonyl (C=O) groups is 3. The molecule has 1 aromatic heterocycles. The lowest BCUT2D eigenvalue weighted by Gasteiger charge is -2.18. The molecule has 0 radical (unpaired) electrons. The number of nitrogens with two attached hydrogens (primary N) is 1. The zero-order valence-electron chi connectivity index (χ0n) is 13.0. The van der Waals surface area contributed by atoms with Crippen molar-refractivity contribution in [3.8, 4) is 0 Å². The average Bonchev–Trinajstić information content (AvgIpc) is 3.18. The van der Waals surface area contributed by atoms with Crippen molar-refractivity contribution in [1.82, 2.24) is 0 Å². The van der Waals surface area contributed by atoms with Crippen LogP contribution in [0.2, 0.25) is 0 Å². The number of benzene rings is 1. The Morgan fingerprint density at radius 3 is 2.60 bits per heavy atom. The molecule has 1 aromatic carbocycles. The third-order valence-corrected chi connectivity index (χ3v) is 4.62. The van der Waals surface area contributed by atoms with Crippen molar-refractivity contribution in [2.24, 2.45) is 5.73 Å². The maximum Gasteiger partial charge on any atom is 0.339 e. The number of hydrogen-bond acceptors (Lipinski definition) is 6. The van der Waals surface area contributed by atoms with E-state index < -0.39 is 24.1 Å². The van der Waals surface area contributed by atoms with E-state index in [0.717, 1.165) is 5.56 Å². The highest BCUT2D eigenvalue weighted by molar-refractivity contribution is 7.08. The SMILES string of the molecule is NC1CC(=O)/C(=C\c2ccsc2)C1OC(=O)c1ccccc1C(=O)O. The van der Waals surface area contributed by atoms with Crippen LogP contribution in [0, 0.1) is 0 Å². The minimum absolute atomic E-state index is 0.0727. The number of carboxylic acid groups (broad SMARTS) is 1. The highest BCUT2D eigenvalue weighted by Gasteiger charge is 2.39. The summed E-state index contributed by atoms with van der Waals surface area (Å²) in [6, 6.07) is 6.95. The van der Waals surface area contributed by atoms with Crippen LogP contribution in [-0.2, 0) is 9.53 Å². The number of hydrogen-bond donors (Lipinski definition) is 2. The first-order chi connectivity index (χ1) is 12.0. The topological polar surface area (TPSA) is 107 Å². The number of ether oxygens (including phenoxy) is 1. The van der Waals surface area contributed by atoms with Gasteiger partial charge in [-0.3, -0.25) is 4.79 Å². The lowest BCUT2D eigenvalue weighted by atomic mass is 10.1. The van der Waals surface area contributed by atoms with Crippen molar-refractivity contribution in [2.75, 3.05) is 0 Å². The van der Waals surface area contributed by atoms with E-state index in [1.54, 1.807) is 12.1 Å². The minimum atomic E-state index is -1.23. The highest BCUT2D eigenvalue weighted by atomic mass is 32.1. The number of carboxylic acids is 1. The van der Waals surface area contributed by atoms with Crippen molar-refractivity contribution < 1.29 is 24.2 Å². The van der Waals surface area contributed by atoms with Gasteiger partial charge in [0.15, 0.2) is 5.78 Å². The predicted molar refractivity (Wildman–Crippen MR) is 92.5 cm³/mol. The molecule has 2 aromatic rings. The van der Waals surface area contributed by atoms with Gasteiger partial charge in [0.05, 0.1) is 17.2 Å². The molecule has 0 bridgehead atoms. The monoisotopic (exact) mass is 357 g/mol. The van der Waals surface area contributed by atoms with Crippen molar-refractivity contribution in [3.05, 3.63) is 63.4 Å². The van der Waals surface area contributed by atoms with Crippen LogP contribution in [0.15, 0.2) is 46.7 Å². The number of ketones is 1. The van der Waals surface area contributed by atoms with Gasteiger partial charge in [-0.2, -0.15) is 11.3 Å². The van der Waals surface area contributed by atoms with Gasteiger partial charge >= 0.3 is 11.9 Å². The summed E-state index contributed by atoms with van der Waals surface area (Å²) in [5.74, 6) is -2.22. The van der Waals surface area contributed by atoms with Gasteiger partial charge < -0.3 is 15.6 Å². The number of aromatic carboxylic acids is 1. The van der Waals surface area contributed by atoms with Gasteiger partial charge in [0, 0.05) is 12.0 Å². The molecule has 1 aliphatic carbocycles. The van der Waals surface area contributed by atoms with E-state index in [1.807, 2.05) is 16.8 Å². The normalized spacial score (nSPS) is 21.5. The minimum Gasteiger partial charge on any atom is -0.478 e. The van der Waals surface area contributed by atoms with Crippen LogP contribution in [0.25, 0.3) is 6.08 Å². The maximum atomic E-state index is 12.4. The molecule has 25 heavy (non-hydrogen) atoms.